The molecule has 1 aromatic carbocycles. The Balaban J connectivity index is 2.46. The van der Waals surface area contributed by atoms with Crippen LogP contribution in [-0.4, -0.2) is 11.9 Å². The highest BCUT2D eigenvalue weighted by atomic mass is 16.1. The van der Waals surface area contributed by atoms with Crippen LogP contribution in [0.5, 0.6) is 0 Å². The van der Waals surface area contributed by atoms with Crippen LogP contribution in [-0.2, 0) is 17.6 Å². The normalized spacial score (nSPS) is 16.4. The maximum Gasteiger partial charge on any atom is 0.224 e. The summed E-state index contributed by atoms with van der Waals surface area (Å²) in [4.78, 5) is 11.4. The number of aryl methyl sites for hydroxylation is 1. The maximum absolute atomic E-state index is 11.4. The summed E-state index contributed by atoms with van der Waals surface area (Å²) in [6, 6.07) is 2.38. The Morgan fingerprint density at radius 1 is 1.35 bits per heavy atom. The molecule has 2 rings (SSSR count). The van der Waals surface area contributed by atoms with Crippen LogP contribution in [0.15, 0.2) is 6.07 Å². The lowest BCUT2D eigenvalue weighted by atomic mass is 9.90. The third-order valence-electron chi connectivity index (χ3n) is 3.52. The maximum atomic E-state index is 11.4. The minimum Gasteiger partial charge on any atom is -0.328 e. The topological polar surface area (TPSA) is 55.1 Å². The first-order chi connectivity index (χ1) is 7.99. The zero-order valence-corrected chi connectivity index (χ0v) is 10.8. The van der Waals surface area contributed by atoms with Gasteiger partial charge in [0.15, 0.2) is 0 Å². The van der Waals surface area contributed by atoms with Gasteiger partial charge in [-0.1, -0.05) is 6.07 Å². The summed E-state index contributed by atoms with van der Waals surface area (Å²) in [5, 5.41) is 2.98. The van der Waals surface area contributed by atoms with Crippen LogP contribution in [0.3, 0.4) is 0 Å². The van der Waals surface area contributed by atoms with Gasteiger partial charge in [-0.05, 0) is 55.9 Å². The first kappa shape index (κ1) is 12.1. The summed E-state index contributed by atoms with van der Waals surface area (Å²) in [5.41, 5.74) is 11.9. The van der Waals surface area contributed by atoms with E-state index in [1.807, 2.05) is 6.92 Å². The van der Waals surface area contributed by atoms with E-state index in [0.29, 0.717) is 6.42 Å². The van der Waals surface area contributed by atoms with Crippen molar-refractivity contribution >= 4 is 11.6 Å². The van der Waals surface area contributed by atoms with E-state index in [2.05, 4.69) is 25.2 Å². The van der Waals surface area contributed by atoms with Gasteiger partial charge >= 0.3 is 0 Å². The van der Waals surface area contributed by atoms with Gasteiger partial charge in [0.1, 0.15) is 0 Å². The predicted molar refractivity (Wildman–Crippen MR) is 70.2 cm³/mol. The molecule has 0 bridgehead atoms. The minimum atomic E-state index is 0.125. The van der Waals surface area contributed by atoms with Crippen LogP contribution >= 0.6 is 0 Å². The van der Waals surface area contributed by atoms with Crippen LogP contribution in [0.1, 0.15) is 35.6 Å². The first-order valence-corrected chi connectivity index (χ1v) is 6.16. The van der Waals surface area contributed by atoms with E-state index in [4.69, 9.17) is 5.73 Å². The number of hydrogen-bond acceptors (Lipinski definition) is 2. The van der Waals surface area contributed by atoms with Gasteiger partial charge in [-0.25, -0.2) is 0 Å². The Hall–Kier alpha value is -1.35. The van der Waals surface area contributed by atoms with Gasteiger partial charge in [-0.15, -0.1) is 0 Å². The van der Waals surface area contributed by atoms with Crippen molar-refractivity contribution < 1.29 is 4.79 Å². The SMILES string of the molecule is Cc1c(CC(C)N)cc2c(c1C)NC(=O)CC2. The molecular formula is C14H20N2O. The Labute approximate surface area is 102 Å². The molecule has 0 saturated carbocycles. The lowest BCUT2D eigenvalue weighted by Crippen LogP contribution is -2.22. The average Bonchev–Trinajstić information content (AvgIpc) is 2.26. The van der Waals surface area contributed by atoms with Crippen molar-refractivity contribution in [3.8, 4) is 0 Å². The van der Waals surface area contributed by atoms with E-state index >= 15 is 0 Å². The van der Waals surface area contributed by atoms with Crippen molar-refractivity contribution in [1.82, 2.24) is 0 Å². The Kier molecular flexibility index (Phi) is 3.20. The molecule has 0 saturated heterocycles. The van der Waals surface area contributed by atoms with Gasteiger partial charge < -0.3 is 11.1 Å². The Morgan fingerprint density at radius 3 is 2.71 bits per heavy atom. The van der Waals surface area contributed by atoms with E-state index < -0.39 is 0 Å². The van der Waals surface area contributed by atoms with Crippen molar-refractivity contribution in [1.29, 1.82) is 0 Å². The summed E-state index contributed by atoms with van der Waals surface area (Å²) in [6.07, 6.45) is 2.33. The number of nitrogens with one attached hydrogen (secondary N) is 1. The fraction of sp³-hybridized carbons (Fsp3) is 0.500. The number of carbonyl (C=O) groups excluding carboxylic acids is 1. The monoisotopic (exact) mass is 232 g/mol. The molecule has 0 aliphatic carbocycles. The fourth-order valence-electron chi connectivity index (χ4n) is 2.44. The molecule has 3 heteroatoms. The summed E-state index contributed by atoms with van der Waals surface area (Å²) in [6.45, 7) is 6.20. The van der Waals surface area contributed by atoms with Crippen LogP contribution in [0.4, 0.5) is 5.69 Å². The van der Waals surface area contributed by atoms with E-state index in [-0.39, 0.29) is 11.9 Å². The van der Waals surface area contributed by atoms with E-state index in [1.54, 1.807) is 0 Å². The van der Waals surface area contributed by atoms with Crippen LogP contribution in [0, 0.1) is 13.8 Å². The van der Waals surface area contributed by atoms with Gasteiger partial charge in [0, 0.05) is 18.2 Å². The molecule has 1 amide bonds. The second-order valence-corrected chi connectivity index (χ2v) is 5.05. The second kappa shape index (κ2) is 4.49. The first-order valence-electron chi connectivity index (χ1n) is 6.16. The Morgan fingerprint density at radius 2 is 2.06 bits per heavy atom. The highest BCUT2D eigenvalue weighted by Gasteiger charge is 2.19. The van der Waals surface area contributed by atoms with Crippen molar-refractivity contribution in [3.05, 3.63) is 28.3 Å². The minimum absolute atomic E-state index is 0.125. The van der Waals surface area contributed by atoms with E-state index in [1.165, 1.54) is 22.3 Å². The van der Waals surface area contributed by atoms with Crippen molar-refractivity contribution in [3.63, 3.8) is 0 Å². The molecule has 1 heterocycles. The summed E-state index contributed by atoms with van der Waals surface area (Å²) >= 11 is 0. The van der Waals surface area contributed by atoms with Crippen LogP contribution < -0.4 is 11.1 Å². The van der Waals surface area contributed by atoms with Crippen molar-refractivity contribution in [2.45, 2.75) is 46.1 Å². The Bertz CT molecular complexity index is 464. The number of anilines is 1. The molecule has 92 valence electrons. The number of amides is 1. The molecule has 1 aliphatic rings. The van der Waals surface area contributed by atoms with E-state index in [0.717, 1.165) is 18.5 Å². The lowest BCUT2D eigenvalue weighted by molar-refractivity contribution is -0.116. The molecule has 0 radical (unpaired) electrons. The zero-order chi connectivity index (χ0) is 12.6. The quantitative estimate of drug-likeness (QED) is 0.820. The summed E-state index contributed by atoms with van der Waals surface area (Å²) in [7, 11) is 0. The zero-order valence-electron chi connectivity index (χ0n) is 10.8. The highest BCUT2D eigenvalue weighted by molar-refractivity contribution is 5.95. The van der Waals surface area contributed by atoms with E-state index in [9.17, 15) is 4.79 Å². The molecule has 3 N–H and O–H groups in total. The number of carbonyl (C=O) groups is 1. The van der Waals surface area contributed by atoms with Gasteiger partial charge in [-0.3, -0.25) is 4.79 Å². The van der Waals surface area contributed by atoms with Gasteiger partial charge in [0.2, 0.25) is 5.91 Å². The molecule has 0 aromatic heterocycles. The molecule has 1 unspecified atom stereocenters. The average molecular weight is 232 g/mol. The predicted octanol–water partition coefficient (Wildman–Crippen LogP) is 2.08. The molecular weight excluding hydrogens is 212 g/mol. The summed E-state index contributed by atoms with van der Waals surface area (Å²) < 4.78 is 0. The van der Waals surface area contributed by atoms with Crippen LogP contribution in [0.25, 0.3) is 0 Å². The molecule has 1 aromatic rings. The standard InChI is InChI=1S/C14H20N2O/c1-8(15)6-12-7-11-4-5-13(17)16-14(11)10(3)9(12)2/h7-8H,4-6,15H2,1-3H3,(H,16,17). The largest absolute Gasteiger partial charge is 0.328 e. The van der Waals surface area contributed by atoms with Gasteiger partial charge in [-0.2, -0.15) is 0 Å². The number of benzene rings is 1. The van der Waals surface area contributed by atoms with Gasteiger partial charge in [0.05, 0.1) is 0 Å². The molecule has 0 fully saturated rings. The smallest absolute Gasteiger partial charge is 0.224 e. The summed E-state index contributed by atoms with van der Waals surface area (Å²) in [5.74, 6) is 0.125. The highest BCUT2D eigenvalue weighted by Crippen LogP contribution is 2.31. The third kappa shape index (κ3) is 2.34. The molecule has 3 nitrogen and oxygen atoms in total. The molecule has 1 aliphatic heterocycles. The van der Waals surface area contributed by atoms with Crippen LogP contribution in [0.2, 0.25) is 0 Å². The lowest BCUT2D eigenvalue weighted by Gasteiger charge is -2.23. The molecule has 17 heavy (non-hydrogen) atoms. The number of fused-ring (bicyclic) bond motifs is 1. The van der Waals surface area contributed by atoms with Crippen molar-refractivity contribution in [2.75, 3.05) is 5.32 Å². The second-order valence-electron chi connectivity index (χ2n) is 5.05. The molecule has 0 spiro atoms. The fourth-order valence-corrected chi connectivity index (χ4v) is 2.44. The van der Waals surface area contributed by atoms with Gasteiger partial charge in [0.25, 0.3) is 0 Å². The number of nitrogens with two attached hydrogens (primary N) is 1. The van der Waals surface area contributed by atoms with Crippen molar-refractivity contribution in [2.24, 2.45) is 5.73 Å². The number of hydrogen-bond donors (Lipinski definition) is 2. The number of rotatable bonds is 2. The molecule has 1 atom stereocenters. The third-order valence-corrected chi connectivity index (χ3v) is 3.52.